The van der Waals surface area contributed by atoms with Gasteiger partial charge in [0.2, 0.25) is 11.7 Å². The maximum Gasteiger partial charge on any atom is 0.490 e. The maximum atomic E-state index is 13.8. The molecule has 0 saturated heterocycles. The predicted octanol–water partition coefficient (Wildman–Crippen LogP) is 3.60. The van der Waals surface area contributed by atoms with Gasteiger partial charge in [0.25, 0.3) is 0 Å². The summed E-state index contributed by atoms with van der Waals surface area (Å²) in [5.41, 5.74) is 5.73. The minimum Gasteiger partial charge on any atom is -0.475 e. The number of nitrogens with zero attached hydrogens (tertiary/aromatic N) is 4. The molecule has 2 aromatic rings. The smallest absolute Gasteiger partial charge is 0.475 e. The highest BCUT2D eigenvalue weighted by Crippen LogP contribution is 2.34. The van der Waals surface area contributed by atoms with Crippen molar-refractivity contribution < 1.29 is 54.2 Å². The van der Waals surface area contributed by atoms with Crippen molar-refractivity contribution >= 4 is 11.9 Å². The van der Waals surface area contributed by atoms with Crippen LogP contribution in [0.1, 0.15) is 43.0 Å². The van der Waals surface area contributed by atoms with Crippen LogP contribution >= 0.6 is 0 Å². The van der Waals surface area contributed by atoms with Gasteiger partial charge in [-0.15, -0.1) is 10.2 Å². The van der Waals surface area contributed by atoms with Crippen molar-refractivity contribution in [2.75, 3.05) is 6.54 Å². The third-order valence-electron chi connectivity index (χ3n) is 5.23. The van der Waals surface area contributed by atoms with Crippen LogP contribution in [0.4, 0.5) is 39.5 Å². The topological polar surface area (TPSA) is 114 Å². The Hall–Kier alpha value is -3.37. The fourth-order valence-electron chi connectivity index (χ4n) is 3.61. The van der Waals surface area contributed by atoms with Crippen LogP contribution in [-0.4, -0.2) is 55.4 Å². The number of hydrogen-bond acceptors (Lipinski definition) is 5. The lowest BCUT2D eigenvalue weighted by Gasteiger charge is -2.36. The zero-order chi connectivity index (χ0) is 28.3. The van der Waals surface area contributed by atoms with Gasteiger partial charge in [-0.05, 0) is 24.5 Å². The van der Waals surface area contributed by atoms with Crippen LogP contribution in [0.25, 0.3) is 0 Å². The molecule has 2 heterocycles. The van der Waals surface area contributed by atoms with E-state index in [-0.39, 0.29) is 37.3 Å². The van der Waals surface area contributed by atoms with E-state index in [4.69, 9.17) is 15.6 Å². The van der Waals surface area contributed by atoms with Crippen LogP contribution in [0.3, 0.4) is 0 Å². The van der Waals surface area contributed by atoms with Crippen LogP contribution in [0.15, 0.2) is 12.1 Å². The number of amides is 1. The fourth-order valence-corrected chi connectivity index (χ4v) is 3.61. The van der Waals surface area contributed by atoms with Gasteiger partial charge in [-0.2, -0.15) is 26.3 Å². The highest BCUT2D eigenvalue weighted by Gasteiger charge is 2.42. The lowest BCUT2D eigenvalue weighted by Crippen LogP contribution is -2.45. The minimum absolute atomic E-state index is 0.00226. The molecule has 17 heteroatoms. The molecule has 0 aliphatic carbocycles. The third-order valence-corrected chi connectivity index (χ3v) is 5.23. The van der Waals surface area contributed by atoms with Gasteiger partial charge in [0.1, 0.15) is 5.82 Å². The molecule has 0 saturated carbocycles. The van der Waals surface area contributed by atoms with Crippen molar-refractivity contribution in [3.05, 3.63) is 46.8 Å². The summed E-state index contributed by atoms with van der Waals surface area (Å²) in [6.45, 7) is 1.56. The van der Waals surface area contributed by atoms with Crippen molar-refractivity contribution in [3.8, 4) is 0 Å². The minimum atomic E-state index is -5.08. The number of benzene rings is 1. The molecule has 1 amide bonds. The molecule has 8 nitrogen and oxygen atoms in total. The molecular formula is C20H20F9N5O3. The van der Waals surface area contributed by atoms with Crippen LogP contribution in [0, 0.1) is 17.5 Å². The Bertz CT molecular complexity index is 1130. The van der Waals surface area contributed by atoms with Gasteiger partial charge in [-0.25, -0.2) is 18.0 Å². The lowest BCUT2D eigenvalue weighted by atomic mass is 10.0. The summed E-state index contributed by atoms with van der Waals surface area (Å²) in [5.74, 6) is -7.84. The Kier molecular flexibility index (Phi) is 9.16. The van der Waals surface area contributed by atoms with E-state index in [1.54, 1.807) is 6.92 Å². The van der Waals surface area contributed by atoms with Gasteiger partial charge in [0.15, 0.2) is 17.5 Å². The molecule has 0 unspecified atom stereocenters. The first-order valence-corrected chi connectivity index (χ1v) is 10.5. The molecule has 0 spiro atoms. The fraction of sp³-hybridized carbons (Fsp3) is 0.500. The average Bonchev–Trinajstić information content (AvgIpc) is 3.21. The molecule has 1 aliphatic rings. The zero-order valence-corrected chi connectivity index (χ0v) is 18.9. The SMILES string of the molecule is CC[C@H]1c2nnc(C(F)(F)F)n2CCN1C(=O)C[C@H](N)Cc1cc(F)c(F)cc1F.O=C(O)C(F)(F)F. The Morgan fingerprint density at radius 3 is 2.14 bits per heavy atom. The number of alkyl halides is 6. The van der Waals surface area contributed by atoms with E-state index in [1.165, 1.54) is 4.90 Å². The standard InChI is InChI=1S/C18H19F6N5O.C2HF3O2/c1-2-14-16-26-27-17(18(22,23)24)29(16)4-3-28(14)15(30)7-10(25)5-9-6-12(20)13(21)8-11(9)19;3-2(4,5)1(6)7/h6,8,10,14H,2-5,7,25H2,1H3;(H,6,7)/t10-,14+;/m1./s1. The van der Waals surface area contributed by atoms with Gasteiger partial charge in [-0.1, -0.05) is 6.92 Å². The van der Waals surface area contributed by atoms with Crippen molar-refractivity contribution in [2.24, 2.45) is 5.73 Å². The van der Waals surface area contributed by atoms with Crippen LogP contribution in [-0.2, 0) is 28.7 Å². The largest absolute Gasteiger partial charge is 0.490 e. The molecule has 0 fully saturated rings. The predicted molar refractivity (Wildman–Crippen MR) is 106 cm³/mol. The number of carbonyl (C=O) groups excluding carboxylic acids is 1. The number of hydrogen-bond donors (Lipinski definition) is 2. The lowest BCUT2D eigenvalue weighted by molar-refractivity contribution is -0.192. The highest BCUT2D eigenvalue weighted by atomic mass is 19.4. The van der Waals surface area contributed by atoms with Crippen molar-refractivity contribution in [2.45, 2.75) is 57.2 Å². The molecule has 0 bridgehead atoms. The molecule has 3 rings (SSSR count). The second-order valence-corrected chi connectivity index (χ2v) is 7.87. The van der Waals surface area contributed by atoms with E-state index in [0.29, 0.717) is 18.6 Å². The normalized spacial score (nSPS) is 16.5. The molecule has 37 heavy (non-hydrogen) atoms. The van der Waals surface area contributed by atoms with Crippen molar-refractivity contribution in [3.63, 3.8) is 0 Å². The number of carboxylic acid groups (broad SMARTS) is 1. The van der Waals surface area contributed by atoms with E-state index in [0.717, 1.165) is 4.57 Å². The second kappa shape index (κ2) is 11.4. The number of aliphatic carboxylic acids is 1. The van der Waals surface area contributed by atoms with E-state index in [9.17, 15) is 44.3 Å². The van der Waals surface area contributed by atoms with E-state index in [2.05, 4.69) is 10.2 Å². The Balaban J connectivity index is 0.000000604. The monoisotopic (exact) mass is 549 g/mol. The van der Waals surface area contributed by atoms with Crippen LogP contribution < -0.4 is 5.73 Å². The molecule has 1 aromatic carbocycles. The average molecular weight is 549 g/mol. The molecule has 206 valence electrons. The summed E-state index contributed by atoms with van der Waals surface area (Å²) in [4.78, 5) is 23.0. The first-order chi connectivity index (χ1) is 17.0. The van der Waals surface area contributed by atoms with Gasteiger partial charge < -0.3 is 20.3 Å². The van der Waals surface area contributed by atoms with Crippen molar-refractivity contribution in [1.82, 2.24) is 19.7 Å². The van der Waals surface area contributed by atoms with Gasteiger partial charge in [-0.3, -0.25) is 4.79 Å². The molecule has 1 aromatic heterocycles. The highest BCUT2D eigenvalue weighted by molar-refractivity contribution is 5.77. The first-order valence-electron chi connectivity index (χ1n) is 10.5. The molecule has 2 atom stereocenters. The number of nitrogens with two attached hydrogens (primary N) is 1. The Labute approximate surface area is 202 Å². The molecule has 0 radical (unpaired) electrons. The summed E-state index contributed by atoms with van der Waals surface area (Å²) in [6, 6.07) is -0.532. The first kappa shape index (κ1) is 29.9. The van der Waals surface area contributed by atoms with Gasteiger partial charge in [0.05, 0.1) is 6.04 Å². The van der Waals surface area contributed by atoms with Gasteiger partial charge >= 0.3 is 18.3 Å². The number of aromatic nitrogens is 3. The van der Waals surface area contributed by atoms with Crippen molar-refractivity contribution in [1.29, 1.82) is 0 Å². The van der Waals surface area contributed by atoms with Gasteiger partial charge in [0, 0.05) is 31.6 Å². The summed E-state index contributed by atoms with van der Waals surface area (Å²) in [7, 11) is 0. The number of rotatable bonds is 5. The summed E-state index contributed by atoms with van der Waals surface area (Å²) in [6.07, 6.45) is -9.91. The number of halogens is 9. The molecule has 3 N–H and O–H groups in total. The molecular weight excluding hydrogens is 529 g/mol. The summed E-state index contributed by atoms with van der Waals surface area (Å²) in [5, 5.41) is 14.0. The zero-order valence-electron chi connectivity index (χ0n) is 18.9. The van der Waals surface area contributed by atoms with E-state index >= 15 is 0 Å². The number of fused-ring (bicyclic) bond motifs is 1. The van der Waals surface area contributed by atoms with E-state index < -0.39 is 59.6 Å². The second-order valence-electron chi connectivity index (χ2n) is 7.87. The Morgan fingerprint density at radius 2 is 1.62 bits per heavy atom. The van der Waals surface area contributed by atoms with E-state index in [1.807, 2.05) is 0 Å². The third kappa shape index (κ3) is 7.33. The summed E-state index contributed by atoms with van der Waals surface area (Å²) < 4.78 is 112. The quantitative estimate of drug-likeness (QED) is 0.435. The molecule has 1 aliphatic heterocycles. The summed E-state index contributed by atoms with van der Waals surface area (Å²) >= 11 is 0. The maximum absolute atomic E-state index is 13.8. The number of carbonyl (C=O) groups is 2. The van der Waals surface area contributed by atoms with Crippen LogP contribution in [0.5, 0.6) is 0 Å². The van der Waals surface area contributed by atoms with Crippen LogP contribution in [0.2, 0.25) is 0 Å². The Morgan fingerprint density at radius 1 is 1.05 bits per heavy atom. The number of carboxylic acids is 1.